The molecule has 0 N–H and O–H groups in total. The molecule has 0 radical (unpaired) electrons. The molecule has 1 amide bonds. The highest BCUT2D eigenvalue weighted by atomic mass is 16.2. The number of tetrazole rings is 1. The van der Waals surface area contributed by atoms with Gasteiger partial charge in [-0.05, 0) is 47.0 Å². The maximum Gasteiger partial charge on any atom is 0.277 e. The van der Waals surface area contributed by atoms with E-state index in [9.17, 15) is 4.79 Å². The fourth-order valence-corrected chi connectivity index (χ4v) is 3.06. The predicted molar refractivity (Wildman–Crippen MR) is 95.7 cm³/mol. The fraction of sp³-hybridized carbons (Fsp3) is 0.158. The molecule has 1 aliphatic heterocycles. The zero-order chi connectivity index (χ0) is 17.2. The van der Waals surface area contributed by atoms with E-state index in [0.29, 0.717) is 18.1 Å². The van der Waals surface area contributed by atoms with Gasteiger partial charge in [-0.2, -0.15) is 4.68 Å². The van der Waals surface area contributed by atoms with Crippen LogP contribution in [-0.4, -0.2) is 32.7 Å². The van der Waals surface area contributed by atoms with Crippen molar-refractivity contribution in [1.82, 2.24) is 20.2 Å². The van der Waals surface area contributed by atoms with Crippen LogP contribution >= 0.6 is 0 Å². The minimum absolute atomic E-state index is 0.107. The molecule has 25 heavy (non-hydrogen) atoms. The molecule has 6 nitrogen and oxygen atoms in total. The molecular formula is C19H17N5O. The minimum Gasteiger partial charge on any atom is -0.306 e. The van der Waals surface area contributed by atoms with Gasteiger partial charge in [-0.25, -0.2) is 0 Å². The van der Waals surface area contributed by atoms with Crippen LogP contribution in [0.5, 0.6) is 0 Å². The van der Waals surface area contributed by atoms with Gasteiger partial charge in [0.25, 0.3) is 5.91 Å². The number of amides is 1. The van der Waals surface area contributed by atoms with Crippen molar-refractivity contribution in [3.63, 3.8) is 0 Å². The number of anilines is 1. The van der Waals surface area contributed by atoms with Gasteiger partial charge in [-0.3, -0.25) is 4.79 Å². The van der Waals surface area contributed by atoms with E-state index in [4.69, 9.17) is 0 Å². The van der Waals surface area contributed by atoms with E-state index >= 15 is 0 Å². The number of aromatic nitrogens is 4. The monoisotopic (exact) mass is 331 g/mol. The summed E-state index contributed by atoms with van der Waals surface area (Å²) in [5, 5.41) is 11.6. The third-order valence-corrected chi connectivity index (χ3v) is 4.31. The molecule has 0 saturated carbocycles. The summed E-state index contributed by atoms with van der Waals surface area (Å²) >= 11 is 0. The van der Waals surface area contributed by atoms with Crippen LogP contribution in [-0.2, 0) is 11.2 Å². The summed E-state index contributed by atoms with van der Waals surface area (Å²) in [6.45, 7) is 2.44. The van der Waals surface area contributed by atoms with Crippen LogP contribution in [0.4, 0.5) is 5.69 Å². The third kappa shape index (κ3) is 2.82. The molecule has 0 spiro atoms. The summed E-state index contributed by atoms with van der Waals surface area (Å²) in [7, 11) is 0. The van der Waals surface area contributed by atoms with Crippen LogP contribution in [0, 0.1) is 6.92 Å². The number of hydrogen-bond acceptors (Lipinski definition) is 4. The van der Waals surface area contributed by atoms with E-state index in [0.717, 1.165) is 17.7 Å². The van der Waals surface area contributed by atoms with Crippen molar-refractivity contribution in [3.8, 4) is 0 Å². The number of rotatable bonds is 3. The number of hydrogen-bond donors (Lipinski definition) is 0. The maximum atomic E-state index is 13.3. The van der Waals surface area contributed by atoms with Gasteiger partial charge in [0.2, 0.25) is 0 Å². The van der Waals surface area contributed by atoms with Crippen molar-refractivity contribution in [1.29, 1.82) is 0 Å². The molecule has 0 saturated heterocycles. The smallest absolute Gasteiger partial charge is 0.277 e. The summed E-state index contributed by atoms with van der Waals surface area (Å²) in [5.41, 5.74) is 3.50. The highest BCUT2D eigenvalue weighted by Crippen LogP contribution is 2.29. The Bertz CT molecular complexity index is 945. The molecule has 124 valence electrons. The number of nitrogens with zero attached hydrogens (tertiary/aromatic N) is 5. The molecule has 0 atom stereocenters. The molecule has 2 aromatic carbocycles. The summed E-state index contributed by atoms with van der Waals surface area (Å²) in [6.07, 6.45) is 2.68. The summed E-state index contributed by atoms with van der Waals surface area (Å²) in [4.78, 5) is 15.1. The van der Waals surface area contributed by atoms with Gasteiger partial charge >= 0.3 is 0 Å². The van der Waals surface area contributed by atoms with E-state index in [1.807, 2.05) is 54.6 Å². The highest BCUT2D eigenvalue weighted by Gasteiger charge is 2.28. The van der Waals surface area contributed by atoms with Gasteiger partial charge in [0.15, 0.2) is 5.82 Å². The molecule has 0 unspecified atom stereocenters. The average Bonchev–Trinajstić information content (AvgIpc) is 3.26. The number of para-hydroxylation sites is 1. The Hall–Kier alpha value is -3.28. The second-order valence-corrected chi connectivity index (χ2v) is 5.91. The Labute approximate surface area is 145 Å². The van der Waals surface area contributed by atoms with Gasteiger partial charge < -0.3 is 4.90 Å². The molecule has 1 aromatic heterocycles. The first-order valence-corrected chi connectivity index (χ1v) is 8.16. The van der Waals surface area contributed by atoms with Crippen molar-refractivity contribution < 1.29 is 4.79 Å². The predicted octanol–water partition coefficient (Wildman–Crippen LogP) is 2.57. The molecule has 2 heterocycles. The first kappa shape index (κ1) is 15.3. The number of carbonyl (C=O) groups is 1. The van der Waals surface area contributed by atoms with E-state index in [1.54, 1.807) is 11.8 Å². The van der Waals surface area contributed by atoms with E-state index in [-0.39, 0.29) is 5.91 Å². The molecule has 6 heteroatoms. The molecule has 0 aliphatic carbocycles. The first-order valence-electron chi connectivity index (χ1n) is 8.16. The number of aryl methyl sites for hydroxylation is 1. The molecule has 0 bridgehead atoms. The lowest BCUT2D eigenvalue weighted by atomic mass is 10.1. The standard InChI is InChI=1S/C19H17N5O/c1-14-20-21-22-24(14)18(13-15-7-3-2-4-8-15)19(25)23-12-11-16-9-5-6-10-17(16)23/h2-10,13H,11-12H2,1H3. The largest absolute Gasteiger partial charge is 0.306 e. The number of benzene rings is 2. The Morgan fingerprint density at radius 1 is 1.08 bits per heavy atom. The average molecular weight is 331 g/mol. The molecule has 4 rings (SSSR count). The van der Waals surface area contributed by atoms with Crippen LogP contribution in [0.1, 0.15) is 17.0 Å². The van der Waals surface area contributed by atoms with Crippen LogP contribution < -0.4 is 4.90 Å². The topological polar surface area (TPSA) is 63.9 Å². The van der Waals surface area contributed by atoms with Crippen molar-refractivity contribution in [2.75, 3.05) is 11.4 Å². The lowest BCUT2D eigenvalue weighted by Gasteiger charge is -2.19. The Morgan fingerprint density at radius 2 is 1.84 bits per heavy atom. The normalized spacial score (nSPS) is 13.8. The quantitative estimate of drug-likeness (QED) is 0.692. The van der Waals surface area contributed by atoms with Crippen molar-refractivity contribution in [2.45, 2.75) is 13.3 Å². The summed E-state index contributed by atoms with van der Waals surface area (Å²) < 4.78 is 1.50. The van der Waals surface area contributed by atoms with Crippen molar-refractivity contribution in [3.05, 3.63) is 71.5 Å². The van der Waals surface area contributed by atoms with Gasteiger partial charge in [0, 0.05) is 12.2 Å². The Kier molecular flexibility index (Phi) is 3.85. The zero-order valence-electron chi connectivity index (χ0n) is 13.8. The minimum atomic E-state index is -0.107. The molecule has 1 aliphatic rings. The summed E-state index contributed by atoms with van der Waals surface area (Å²) in [5.74, 6) is 0.465. The fourth-order valence-electron chi connectivity index (χ4n) is 3.06. The molecule has 3 aromatic rings. The van der Waals surface area contributed by atoms with E-state index in [2.05, 4.69) is 21.6 Å². The van der Waals surface area contributed by atoms with Gasteiger partial charge in [0.1, 0.15) is 5.70 Å². The maximum absolute atomic E-state index is 13.3. The number of carbonyl (C=O) groups excluding carboxylic acids is 1. The molecule has 0 fully saturated rings. The van der Waals surface area contributed by atoms with Crippen LogP contribution in [0.15, 0.2) is 54.6 Å². The van der Waals surface area contributed by atoms with Gasteiger partial charge in [-0.1, -0.05) is 48.5 Å². The Balaban J connectivity index is 1.78. The first-order chi connectivity index (χ1) is 12.2. The lowest BCUT2D eigenvalue weighted by molar-refractivity contribution is -0.113. The third-order valence-electron chi connectivity index (χ3n) is 4.31. The van der Waals surface area contributed by atoms with Crippen LogP contribution in [0.3, 0.4) is 0 Å². The highest BCUT2D eigenvalue weighted by molar-refractivity contribution is 6.25. The van der Waals surface area contributed by atoms with Crippen LogP contribution in [0.25, 0.3) is 11.8 Å². The summed E-state index contributed by atoms with van der Waals surface area (Å²) in [6, 6.07) is 17.7. The van der Waals surface area contributed by atoms with E-state index in [1.165, 1.54) is 10.2 Å². The van der Waals surface area contributed by atoms with E-state index < -0.39 is 0 Å². The van der Waals surface area contributed by atoms with Crippen LogP contribution in [0.2, 0.25) is 0 Å². The van der Waals surface area contributed by atoms with Crippen molar-refractivity contribution in [2.24, 2.45) is 0 Å². The second-order valence-electron chi connectivity index (χ2n) is 5.91. The Morgan fingerprint density at radius 3 is 2.60 bits per heavy atom. The molecular weight excluding hydrogens is 314 g/mol. The van der Waals surface area contributed by atoms with Gasteiger partial charge in [-0.15, -0.1) is 5.10 Å². The second kappa shape index (κ2) is 6.32. The SMILES string of the molecule is Cc1nnnn1C(=Cc1ccccc1)C(=O)N1CCc2ccccc21. The zero-order valence-corrected chi connectivity index (χ0v) is 13.8. The lowest BCUT2D eigenvalue weighted by Crippen LogP contribution is -2.32. The van der Waals surface area contributed by atoms with Gasteiger partial charge in [0.05, 0.1) is 0 Å². The van der Waals surface area contributed by atoms with Crippen molar-refractivity contribution >= 4 is 23.4 Å². The number of fused-ring (bicyclic) bond motifs is 1.